The van der Waals surface area contributed by atoms with Gasteiger partial charge in [0.15, 0.2) is 0 Å². The third kappa shape index (κ3) is 4.33. The Morgan fingerprint density at radius 2 is 1.64 bits per heavy atom. The van der Waals surface area contributed by atoms with E-state index in [0.717, 1.165) is 25.9 Å². The highest BCUT2D eigenvalue weighted by molar-refractivity contribution is 6.42. The first kappa shape index (κ1) is 17.8. The molecular formula is C19H18Cl2N2O2. The van der Waals surface area contributed by atoms with Crippen LogP contribution in [-0.4, -0.2) is 29.8 Å². The zero-order valence-corrected chi connectivity index (χ0v) is 15.1. The second kappa shape index (κ2) is 7.89. The summed E-state index contributed by atoms with van der Waals surface area (Å²) in [6, 6.07) is 11.7. The molecule has 1 heterocycles. The van der Waals surface area contributed by atoms with Gasteiger partial charge in [-0.25, -0.2) is 0 Å². The van der Waals surface area contributed by atoms with Crippen molar-refractivity contribution >= 4 is 40.7 Å². The predicted octanol–water partition coefficient (Wildman–Crippen LogP) is 4.87. The summed E-state index contributed by atoms with van der Waals surface area (Å²) in [5, 5.41) is 3.51. The summed E-state index contributed by atoms with van der Waals surface area (Å²) >= 11 is 11.8. The maximum absolute atomic E-state index is 12.6. The lowest BCUT2D eigenvalue weighted by Crippen LogP contribution is -2.35. The van der Waals surface area contributed by atoms with Crippen molar-refractivity contribution in [2.24, 2.45) is 0 Å². The first-order valence-corrected chi connectivity index (χ1v) is 8.96. The van der Waals surface area contributed by atoms with Crippen LogP contribution in [-0.2, 0) is 0 Å². The molecule has 1 fully saturated rings. The van der Waals surface area contributed by atoms with Crippen molar-refractivity contribution in [2.45, 2.75) is 19.3 Å². The average Bonchev–Trinajstić information content (AvgIpc) is 2.64. The molecule has 2 amide bonds. The molecule has 1 N–H and O–H groups in total. The van der Waals surface area contributed by atoms with E-state index in [1.54, 1.807) is 36.4 Å². The second-order valence-electron chi connectivity index (χ2n) is 6.02. The van der Waals surface area contributed by atoms with Gasteiger partial charge in [-0.15, -0.1) is 0 Å². The zero-order chi connectivity index (χ0) is 17.8. The molecule has 0 saturated carbocycles. The zero-order valence-electron chi connectivity index (χ0n) is 13.6. The van der Waals surface area contributed by atoms with Crippen LogP contribution in [0.1, 0.15) is 40.0 Å². The molecule has 25 heavy (non-hydrogen) atoms. The van der Waals surface area contributed by atoms with E-state index in [4.69, 9.17) is 23.2 Å². The van der Waals surface area contributed by atoms with Gasteiger partial charge in [-0.05, 0) is 55.7 Å². The minimum absolute atomic E-state index is 0.00494. The van der Waals surface area contributed by atoms with E-state index in [1.165, 1.54) is 12.5 Å². The number of anilines is 1. The molecular weight excluding hydrogens is 359 g/mol. The van der Waals surface area contributed by atoms with Gasteiger partial charge in [-0.1, -0.05) is 29.3 Å². The van der Waals surface area contributed by atoms with E-state index in [2.05, 4.69) is 5.32 Å². The van der Waals surface area contributed by atoms with Crippen LogP contribution < -0.4 is 5.32 Å². The lowest BCUT2D eigenvalue weighted by Gasteiger charge is -2.26. The van der Waals surface area contributed by atoms with E-state index in [-0.39, 0.29) is 11.8 Å². The number of nitrogens with zero attached hydrogens (tertiary/aromatic N) is 1. The Morgan fingerprint density at radius 3 is 2.36 bits per heavy atom. The van der Waals surface area contributed by atoms with Gasteiger partial charge in [0.1, 0.15) is 0 Å². The van der Waals surface area contributed by atoms with Crippen LogP contribution in [0.15, 0.2) is 42.5 Å². The second-order valence-corrected chi connectivity index (χ2v) is 6.83. The van der Waals surface area contributed by atoms with Crippen LogP contribution >= 0.6 is 23.2 Å². The molecule has 0 radical (unpaired) electrons. The average molecular weight is 377 g/mol. The van der Waals surface area contributed by atoms with E-state index in [9.17, 15) is 9.59 Å². The fourth-order valence-corrected chi connectivity index (χ4v) is 3.15. The van der Waals surface area contributed by atoms with Crippen LogP contribution in [0, 0.1) is 0 Å². The molecule has 1 aliphatic heterocycles. The smallest absolute Gasteiger partial charge is 0.255 e. The number of piperidine rings is 1. The normalized spacial score (nSPS) is 14.2. The first-order valence-electron chi connectivity index (χ1n) is 8.20. The van der Waals surface area contributed by atoms with Crippen LogP contribution in [0.3, 0.4) is 0 Å². The number of nitrogens with one attached hydrogen (secondary N) is 1. The standard InChI is InChI=1S/C19H18Cl2N2O2/c20-16-8-7-13(12-17(16)21)18(24)22-15-6-4-5-14(11-15)19(25)23-9-2-1-3-10-23/h4-8,11-12H,1-3,9-10H2,(H,22,24). The first-order chi connectivity index (χ1) is 12.0. The quantitative estimate of drug-likeness (QED) is 0.830. The third-order valence-corrected chi connectivity index (χ3v) is 4.93. The molecule has 2 aromatic rings. The fraction of sp³-hybridized carbons (Fsp3) is 0.263. The van der Waals surface area contributed by atoms with Crippen molar-refractivity contribution < 1.29 is 9.59 Å². The van der Waals surface area contributed by atoms with E-state index in [0.29, 0.717) is 26.9 Å². The molecule has 130 valence electrons. The highest BCUT2D eigenvalue weighted by Crippen LogP contribution is 2.23. The molecule has 0 spiro atoms. The van der Waals surface area contributed by atoms with Crippen molar-refractivity contribution in [1.29, 1.82) is 0 Å². The van der Waals surface area contributed by atoms with E-state index < -0.39 is 0 Å². The number of hydrogen-bond donors (Lipinski definition) is 1. The molecule has 0 unspecified atom stereocenters. The van der Waals surface area contributed by atoms with Crippen molar-refractivity contribution in [3.05, 3.63) is 63.6 Å². The summed E-state index contributed by atoms with van der Waals surface area (Å²) in [6.45, 7) is 1.58. The minimum atomic E-state index is -0.305. The summed E-state index contributed by atoms with van der Waals surface area (Å²) < 4.78 is 0. The molecule has 0 aromatic heterocycles. The molecule has 6 heteroatoms. The molecule has 0 aliphatic carbocycles. The van der Waals surface area contributed by atoms with Crippen molar-refractivity contribution in [1.82, 2.24) is 4.90 Å². The molecule has 0 atom stereocenters. The van der Waals surface area contributed by atoms with Gasteiger partial charge < -0.3 is 10.2 Å². The Kier molecular flexibility index (Phi) is 5.61. The Labute approximate surface area is 156 Å². The number of benzene rings is 2. The predicted molar refractivity (Wildman–Crippen MR) is 101 cm³/mol. The number of rotatable bonds is 3. The van der Waals surface area contributed by atoms with Gasteiger partial charge in [0.05, 0.1) is 10.0 Å². The molecule has 3 rings (SSSR count). The summed E-state index contributed by atoms with van der Waals surface area (Å²) in [4.78, 5) is 26.8. The summed E-state index contributed by atoms with van der Waals surface area (Å²) in [7, 11) is 0. The largest absolute Gasteiger partial charge is 0.339 e. The Hall–Kier alpha value is -2.04. The molecule has 1 aliphatic rings. The maximum Gasteiger partial charge on any atom is 0.255 e. The molecule has 0 bridgehead atoms. The molecule has 2 aromatic carbocycles. The van der Waals surface area contributed by atoms with Gasteiger partial charge in [0.25, 0.3) is 11.8 Å². The van der Waals surface area contributed by atoms with Gasteiger partial charge in [-0.2, -0.15) is 0 Å². The Bertz CT molecular complexity index is 802. The molecule has 4 nitrogen and oxygen atoms in total. The summed E-state index contributed by atoms with van der Waals surface area (Å²) in [5.41, 5.74) is 1.55. The summed E-state index contributed by atoms with van der Waals surface area (Å²) in [5.74, 6) is -0.300. The highest BCUT2D eigenvalue weighted by Gasteiger charge is 2.18. The monoisotopic (exact) mass is 376 g/mol. The number of carbonyl (C=O) groups is 2. The number of likely N-dealkylation sites (tertiary alicyclic amines) is 1. The van der Waals surface area contributed by atoms with Gasteiger partial charge >= 0.3 is 0 Å². The van der Waals surface area contributed by atoms with Gasteiger partial charge in [0.2, 0.25) is 0 Å². The maximum atomic E-state index is 12.6. The number of carbonyl (C=O) groups excluding carboxylic acids is 2. The van der Waals surface area contributed by atoms with Crippen LogP contribution in [0.2, 0.25) is 10.0 Å². The number of halogens is 2. The van der Waals surface area contributed by atoms with Crippen molar-refractivity contribution in [2.75, 3.05) is 18.4 Å². The lowest BCUT2D eigenvalue weighted by atomic mass is 10.1. The molecule has 1 saturated heterocycles. The third-order valence-electron chi connectivity index (χ3n) is 4.19. The topological polar surface area (TPSA) is 49.4 Å². The van der Waals surface area contributed by atoms with Crippen molar-refractivity contribution in [3.8, 4) is 0 Å². The van der Waals surface area contributed by atoms with E-state index in [1.807, 2.05) is 4.90 Å². The van der Waals surface area contributed by atoms with Gasteiger partial charge in [-0.3, -0.25) is 9.59 Å². The number of amides is 2. The van der Waals surface area contributed by atoms with Crippen LogP contribution in [0.25, 0.3) is 0 Å². The fourth-order valence-electron chi connectivity index (χ4n) is 2.85. The Balaban J connectivity index is 1.73. The van der Waals surface area contributed by atoms with Crippen molar-refractivity contribution in [3.63, 3.8) is 0 Å². The Morgan fingerprint density at radius 1 is 0.880 bits per heavy atom. The minimum Gasteiger partial charge on any atom is -0.339 e. The van der Waals surface area contributed by atoms with Crippen LogP contribution in [0.5, 0.6) is 0 Å². The lowest BCUT2D eigenvalue weighted by molar-refractivity contribution is 0.0724. The van der Waals surface area contributed by atoms with Gasteiger partial charge in [0, 0.05) is 29.9 Å². The summed E-state index contributed by atoms with van der Waals surface area (Å²) in [6.07, 6.45) is 3.25. The number of hydrogen-bond acceptors (Lipinski definition) is 2. The van der Waals surface area contributed by atoms with Crippen LogP contribution in [0.4, 0.5) is 5.69 Å². The highest BCUT2D eigenvalue weighted by atomic mass is 35.5. The SMILES string of the molecule is O=C(Nc1cccc(C(=O)N2CCCCC2)c1)c1ccc(Cl)c(Cl)c1. The van der Waals surface area contributed by atoms with E-state index >= 15 is 0 Å².